The first-order valence-corrected chi connectivity index (χ1v) is 11.7. The first-order valence-electron chi connectivity index (χ1n) is 9.89. The SMILES string of the molecule is O=C(NC[C@H]1CCCN1S(=O)(=O)c1ccc(Cl)cc1)[C]1CCCCCCC1.[CH2].[CH2]. The normalized spacial score (nSPS) is 21.3. The van der Waals surface area contributed by atoms with Crippen LogP contribution < -0.4 is 5.32 Å². The zero-order valence-corrected chi connectivity index (χ0v) is 18.6. The van der Waals surface area contributed by atoms with Crippen LogP contribution in [0.4, 0.5) is 0 Å². The van der Waals surface area contributed by atoms with E-state index in [4.69, 9.17) is 11.6 Å². The van der Waals surface area contributed by atoms with E-state index in [1.54, 1.807) is 12.1 Å². The second-order valence-electron chi connectivity index (χ2n) is 7.45. The molecular formula is C22H32ClN2O3S. The van der Waals surface area contributed by atoms with Gasteiger partial charge in [0.05, 0.1) is 10.8 Å². The standard InChI is InChI=1S/C20H28ClN2O3S.2CH2/c21-17-10-12-19(13-11-17)27(25,26)23-14-6-9-18(23)15-22-20(24)16-7-4-2-1-3-5-8-16;;/h10-13,18H,1-9,14-15H2,(H,22,24);2*1H2/t18-;;/m1../s1. The molecule has 5 nitrogen and oxygen atoms in total. The molecular weight excluding hydrogens is 408 g/mol. The number of carbonyl (C=O) groups excluding carboxylic acids is 1. The lowest BCUT2D eigenvalue weighted by Gasteiger charge is -2.25. The molecule has 0 spiro atoms. The summed E-state index contributed by atoms with van der Waals surface area (Å²) < 4.78 is 27.4. The monoisotopic (exact) mass is 439 g/mol. The van der Waals surface area contributed by atoms with Gasteiger partial charge in [-0.05, 0) is 49.9 Å². The minimum absolute atomic E-state index is 0. The summed E-state index contributed by atoms with van der Waals surface area (Å²) in [5.74, 6) is 0.979. The fourth-order valence-electron chi connectivity index (χ4n) is 3.97. The number of sulfonamides is 1. The second kappa shape index (κ2) is 11.9. The van der Waals surface area contributed by atoms with Crippen LogP contribution in [0.1, 0.15) is 57.8 Å². The predicted molar refractivity (Wildman–Crippen MR) is 118 cm³/mol. The van der Waals surface area contributed by atoms with Crippen LogP contribution in [0.25, 0.3) is 0 Å². The first kappa shape index (κ1) is 25.9. The summed E-state index contributed by atoms with van der Waals surface area (Å²) in [4.78, 5) is 12.8. The van der Waals surface area contributed by atoms with Crippen LogP contribution in [0.2, 0.25) is 5.02 Å². The molecule has 2 aliphatic rings. The number of carbonyl (C=O) groups is 1. The van der Waals surface area contributed by atoms with E-state index in [0.29, 0.717) is 18.1 Å². The maximum atomic E-state index is 13.0. The number of hydrogen-bond acceptors (Lipinski definition) is 3. The highest BCUT2D eigenvalue weighted by Crippen LogP contribution is 2.27. The molecule has 1 heterocycles. The Balaban J connectivity index is 0.00000210. The molecule has 0 bridgehead atoms. The van der Waals surface area contributed by atoms with Crippen molar-refractivity contribution >= 4 is 27.5 Å². The molecule has 2 fully saturated rings. The van der Waals surface area contributed by atoms with Crippen molar-refractivity contribution in [3.63, 3.8) is 0 Å². The van der Waals surface area contributed by atoms with Crippen LogP contribution in [0.3, 0.4) is 0 Å². The van der Waals surface area contributed by atoms with Gasteiger partial charge in [-0.2, -0.15) is 4.31 Å². The molecule has 1 atom stereocenters. The second-order valence-corrected chi connectivity index (χ2v) is 9.77. The van der Waals surface area contributed by atoms with Gasteiger partial charge in [0, 0.05) is 24.2 Å². The highest BCUT2D eigenvalue weighted by molar-refractivity contribution is 7.89. The topological polar surface area (TPSA) is 66.5 Å². The molecule has 1 N–H and O–H groups in total. The summed E-state index contributed by atoms with van der Waals surface area (Å²) in [6.07, 6.45) is 9.08. The molecule has 1 saturated heterocycles. The van der Waals surface area contributed by atoms with E-state index in [0.717, 1.165) is 44.4 Å². The molecule has 1 aliphatic heterocycles. The Labute approximate surface area is 182 Å². The number of halogens is 1. The maximum absolute atomic E-state index is 13.0. The van der Waals surface area contributed by atoms with Crippen molar-refractivity contribution in [3.05, 3.63) is 50.1 Å². The minimum Gasteiger partial charge on any atom is -0.354 e. The van der Waals surface area contributed by atoms with Crippen molar-refractivity contribution in [2.45, 2.75) is 68.7 Å². The molecule has 1 aromatic rings. The van der Waals surface area contributed by atoms with E-state index < -0.39 is 10.0 Å². The Hall–Kier alpha value is -1.11. The summed E-state index contributed by atoms with van der Waals surface area (Å²) in [6, 6.07) is 6.06. The quantitative estimate of drug-likeness (QED) is 0.729. The van der Waals surface area contributed by atoms with Gasteiger partial charge in [-0.3, -0.25) is 4.79 Å². The van der Waals surface area contributed by atoms with Gasteiger partial charge in [0.2, 0.25) is 15.9 Å². The predicted octanol–water partition coefficient (Wildman–Crippen LogP) is 4.58. The van der Waals surface area contributed by atoms with Gasteiger partial charge in [-0.25, -0.2) is 8.42 Å². The Morgan fingerprint density at radius 2 is 1.59 bits per heavy atom. The lowest BCUT2D eigenvalue weighted by Crippen LogP contribution is -2.44. The van der Waals surface area contributed by atoms with Crippen LogP contribution in [-0.2, 0) is 14.8 Å². The summed E-state index contributed by atoms with van der Waals surface area (Å²) >= 11 is 5.87. The largest absolute Gasteiger partial charge is 0.354 e. The van der Waals surface area contributed by atoms with E-state index in [-0.39, 0.29) is 31.7 Å². The van der Waals surface area contributed by atoms with E-state index in [1.807, 2.05) is 0 Å². The van der Waals surface area contributed by atoms with Crippen LogP contribution in [0.5, 0.6) is 0 Å². The summed E-state index contributed by atoms with van der Waals surface area (Å²) in [5.41, 5.74) is 0. The van der Waals surface area contributed by atoms with Gasteiger partial charge < -0.3 is 5.32 Å². The van der Waals surface area contributed by atoms with Crippen LogP contribution in [0.15, 0.2) is 29.2 Å². The number of benzene rings is 1. The zero-order chi connectivity index (χ0) is 19.3. The lowest BCUT2D eigenvalue weighted by molar-refractivity contribution is -0.120. The van der Waals surface area contributed by atoms with Crippen LogP contribution >= 0.6 is 11.6 Å². The Morgan fingerprint density at radius 3 is 2.21 bits per heavy atom. The molecule has 3 rings (SSSR count). The molecule has 0 aromatic heterocycles. The van der Waals surface area contributed by atoms with E-state index in [2.05, 4.69) is 5.32 Å². The lowest BCUT2D eigenvalue weighted by atomic mass is 9.90. The highest BCUT2D eigenvalue weighted by Gasteiger charge is 2.35. The summed E-state index contributed by atoms with van der Waals surface area (Å²) in [5, 5.41) is 3.51. The molecule has 161 valence electrons. The van der Waals surface area contributed by atoms with Crippen molar-refractivity contribution in [1.29, 1.82) is 0 Å². The number of amides is 1. The molecule has 29 heavy (non-hydrogen) atoms. The van der Waals surface area contributed by atoms with E-state index >= 15 is 0 Å². The van der Waals surface area contributed by atoms with Gasteiger partial charge in [0.25, 0.3) is 0 Å². The third kappa shape index (κ3) is 6.69. The van der Waals surface area contributed by atoms with Gasteiger partial charge in [0.1, 0.15) is 0 Å². The minimum atomic E-state index is -3.57. The van der Waals surface area contributed by atoms with Crippen molar-refractivity contribution < 1.29 is 13.2 Å². The van der Waals surface area contributed by atoms with Crippen molar-refractivity contribution in [2.24, 2.45) is 0 Å². The number of nitrogens with zero attached hydrogens (tertiary/aromatic N) is 1. The highest BCUT2D eigenvalue weighted by atomic mass is 35.5. The first-order chi connectivity index (χ1) is 13.0. The van der Waals surface area contributed by atoms with E-state index in [1.165, 1.54) is 35.7 Å². The molecule has 1 amide bonds. The molecule has 7 heteroatoms. The third-order valence-electron chi connectivity index (χ3n) is 5.52. The Morgan fingerprint density at radius 1 is 1.00 bits per heavy atom. The van der Waals surface area contributed by atoms with Crippen molar-refractivity contribution in [2.75, 3.05) is 13.1 Å². The van der Waals surface area contributed by atoms with Crippen LogP contribution in [-0.4, -0.2) is 37.8 Å². The fourth-order valence-corrected chi connectivity index (χ4v) is 5.78. The zero-order valence-electron chi connectivity index (χ0n) is 17.0. The molecule has 0 unspecified atom stereocenters. The third-order valence-corrected chi connectivity index (χ3v) is 7.74. The van der Waals surface area contributed by atoms with Gasteiger partial charge in [0.15, 0.2) is 0 Å². The van der Waals surface area contributed by atoms with Crippen molar-refractivity contribution in [1.82, 2.24) is 9.62 Å². The number of rotatable bonds is 5. The Kier molecular flexibility index (Phi) is 10.7. The maximum Gasteiger partial charge on any atom is 0.243 e. The van der Waals surface area contributed by atoms with Crippen LogP contribution in [0, 0.1) is 20.8 Å². The molecule has 5 radical (unpaired) electrons. The Bertz CT molecular complexity index is 729. The number of nitrogens with one attached hydrogen (secondary N) is 1. The van der Waals surface area contributed by atoms with Gasteiger partial charge >= 0.3 is 0 Å². The summed E-state index contributed by atoms with van der Waals surface area (Å²) in [6.45, 7) is 0.858. The summed E-state index contributed by atoms with van der Waals surface area (Å²) in [7, 11) is -3.57. The number of hydrogen-bond donors (Lipinski definition) is 1. The smallest absolute Gasteiger partial charge is 0.243 e. The molecule has 1 aliphatic carbocycles. The van der Waals surface area contributed by atoms with Gasteiger partial charge in [-0.1, -0.05) is 58.6 Å². The van der Waals surface area contributed by atoms with Crippen molar-refractivity contribution in [3.8, 4) is 0 Å². The van der Waals surface area contributed by atoms with E-state index in [9.17, 15) is 13.2 Å². The van der Waals surface area contributed by atoms with Gasteiger partial charge in [-0.15, -0.1) is 0 Å². The molecule has 1 saturated carbocycles. The average Bonchev–Trinajstić information content (AvgIpc) is 3.09. The fraction of sp³-hybridized carbons (Fsp3) is 0.545. The molecule has 1 aromatic carbocycles. The average molecular weight is 440 g/mol.